The van der Waals surface area contributed by atoms with Gasteiger partial charge < -0.3 is 10.7 Å². The molecular weight excluding hydrogens is 190 g/mol. The molecule has 1 heterocycles. The molecule has 2 rings (SSSR count). The van der Waals surface area contributed by atoms with Crippen molar-refractivity contribution in [2.75, 3.05) is 0 Å². The summed E-state index contributed by atoms with van der Waals surface area (Å²) in [6, 6.07) is -0.126. The Kier molecular flexibility index (Phi) is 2.61. The van der Waals surface area contributed by atoms with E-state index < -0.39 is 0 Å². The Hall–Kier alpha value is -1.16. The van der Waals surface area contributed by atoms with Crippen LogP contribution in [0, 0.1) is 5.92 Å². The molecule has 4 heteroatoms. The van der Waals surface area contributed by atoms with Crippen LogP contribution in [0.3, 0.4) is 0 Å². The monoisotopic (exact) mass is 207 g/mol. The molecule has 0 spiro atoms. The van der Waals surface area contributed by atoms with Crippen LogP contribution in [-0.4, -0.2) is 9.97 Å². The van der Waals surface area contributed by atoms with Gasteiger partial charge in [-0.25, -0.2) is 4.79 Å². The quantitative estimate of drug-likeness (QED) is 0.757. The molecule has 1 aliphatic rings. The van der Waals surface area contributed by atoms with E-state index in [-0.39, 0.29) is 11.7 Å². The second kappa shape index (κ2) is 3.77. The first kappa shape index (κ1) is 10.4. The number of aromatic amines is 1. The molecular formula is C11H17N3O. The molecule has 1 aromatic heterocycles. The Morgan fingerprint density at radius 3 is 2.80 bits per heavy atom. The molecule has 0 aromatic carbocycles. The Morgan fingerprint density at radius 2 is 2.13 bits per heavy atom. The van der Waals surface area contributed by atoms with Crippen LogP contribution >= 0.6 is 0 Å². The van der Waals surface area contributed by atoms with Gasteiger partial charge in [0.05, 0.1) is 5.69 Å². The third-order valence-corrected chi connectivity index (χ3v) is 3.04. The summed E-state index contributed by atoms with van der Waals surface area (Å²) in [5, 5.41) is 0. The highest BCUT2D eigenvalue weighted by Gasteiger charge is 2.22. The molecule has 4 nitrogen and oxygen atoms in total. The number of H-pyrrole nitrogens is 1. The van der Waals surface area contributed by atoms with E-state index in [0.29, 0.717) is 5.92 Å². The van der Waals surface area contributed by atoms with Crippen molar-refractivity contribution in [3.63, 3.8) is 0 Å². The predicted molar refractivity (Wildman–Crippen MR) is 58.6 cm³/mol. The third kappa shape index (κ3) is 1.81. The van der Waals surface area contributed by atoms with E-state index in [1.54, 1.807) is 0 Å². The number of aromatic nitrogens is 2. The van der Waals surface area contributed by atoms with Crippen LogP contribution < -0.4 is 11.4 Å². The summed E-state index contributed by atoms with van der Waals surface area (Å²) in [6.07, 6.45) is 3.04. The number of hydrogen-bond donors (Lipinski definition) is 2. The summed E-state index contributed by atoms with van der Waals surface area (Å²) < 4.78 is 0. The van der Waals surface area contributed by atoms with Gasteiger partial charge in [-0.2, -0.15) is 4.98 Å². The SMILES string of the molecule is CC(C)[C@H](N)c1nc(=O)[nH]c2c1CCC2. The number of fused-ring (bicyclic) bond motifs is 1. The molecule has 3 N–H and O–H groups in total. The first-order chi connectivity index (χ1) is 7.09. The lowest BCUT2D eigenvalue weighted by atomic mass is 9.97. The van der Waals surface area contributed by atoms with Crippen molar-refractivity contribution in [3.05, 3.63) is 27.4 Å². The second-order valence-electron chi connectivity index (χ2n) is 4.51. The fourth-order valence-corrected chi connectivity index (χ4v) is 2.09. The topological polar surface area (TPSA) is 71.8 Å². The molecule has 0 bridgehead atoms. The maximum Gasteiger partial charge on any atom is 0.345 e. The zero-order valence-electron chi connectivity index (χ0n) is 9.21. The van der Waals surface area contributed by atoms with Gasteiger partial charge in [-0.05, 0) is 30.7 Å². The average molecular weight is 207 g/mol. The van der Waals surface area contributed by atoms with Crippen LogP contribution in [-0.2, 0) is 12.8 Å². The van der Waals surface area contributed by atoms with Crippen LogP contribution in [0.1, 0.15) is 43.3 Å². The predicted octanol–water partition coefficient (Wildman–Crippen LogP) is 0.914. The molecule has 0 fully saturated rings. The maximum atomic E-state index is 11.4. The number of nitrogens with one attached hydrogen (secondary N) is 1. The molecule has 0 amide bonds. The number of rotatable bonds is 2. The van der Waals surface area contributed by atoms with Crippen LogP contribution in [0.15, 0.2) is 4.79 Å². The lowest BCUT2D eigenvalue weighted by molar-refractivity contribution is 0.497. The van der Waals surface area contributed by atoms with Gasteiger partial charge in [0, 0.05) is 11.7 Å². The van der Waals surface area contributed by atoms with Gasteiger partial charge in [0.1, 0.15) is 0 Å². The van der Waals surface area contributed by atoms with Gasteiger partial charge in [0.15, 0.2) is 0 Å². The Bertz CT molecular complexity index is 422. The van der Waals surface area contributed by atoms with Crippen LogP contribution in [0.4, 0.5) is 0 Å². The van der Waals surface area contributed by atoms with E-state index in [4.69, 9.17) is 5.73 Å². The van der Waals surface area contributed by atoms with Crippen LogP contribution in [0.2, 0.25) is 0 Å². The summed E-state index contributed by atoms with van der Waals surface area (Å²) >= 11 is 0. The van der Waals surface area contributed by atoms with Crippen molar-refractivity contribution in [2.24, 2.45) is 11.7 Å². The lowest BCUT2D eigenvalue weighted by Crippen LogP contribution is -2.25. The summed E-state index contributed by atoms with van der Waals surface area (Å²) in [4.78, 5) is 18.2. The van der Waals surface area contributed by atoms with Gasteiger partial charge in [0.2, 0.25) is 0 Å². The van der Waals surface area contributed by atoms with Gasteiger partial charge >= 0.3 is 5.69 Å². The highest BCUT2D eigenvalue weighted by atomic mass is 16.1. The van der Waals surface area contributed by atoms with Crippen molar-refractivity contribution >= 4 is 0 Å². The average Bonchev–Trinajstić information content (AvgIpc) is 2.62. The minimum absolute atomic E-state index is 0.126. The molecule has 0 saturated carbocycles. The fourth-order valence-electron chi connectivity index (χ4n) is 2.09. The first-order valence-electron chi connectivity index (χ1n) is 5.47. The van der Waals surface area contributed by atoms with E-state index in [0.717, 1.165) is 30.7 Å². The summed E-state index contributed by atoms with van der Waals surface area (Å²) in [5.41, 5.74) is 8.83. The highest BCUT2D eigenvalue weighted by Crippen LogP contribution is 2.26. The Labute approximate surface area is 88.9 Å². The normalized spacial score (nSPS) is 16.8. The van der Waals surface area contributed by atoms with Gasteiger partial charge in [-0.3, -0.25) is 0 Å². The second-order valence-corrected chi connectivity index (χ2v) is 4.51. The largest absolute Gasteiger partial charge is 0.345 e. The molecule has 0 unspecified atom stereocenters. The molecule has 15 heavy (non-hydrogen) atoms. The smallest absolute Gasteiger partial charge is 0.322 e. The van der Waals surface area contributed by atoms with E-state index >= 15 is 0 Å². The molecule has 0 aliphatic heterocycles. The van der Waals surface area contributed by atoms with E-state index in [1.807, 2.05) is 0 Å². The molecule has 1 atom stereocenters. The van der Waals surface area contributed by atoms with Crippen molar-refractivity contribution in [1.29, 1.82) is 0 Å². The minimum atomic E-state index is -0.262. The van der Waals surface area contributed by atoms with E-state index in [1.165, 1.54) is 5.56 Å². The summed E-state index contributed by atoms with van der Waals surface area (Å²) in [6.45, 7) is 4.10. The molecule has 0 saturated heterocycles. The number of hydrogen-bond acceptors (Lipinski definition) is 3. The molecule has 1 aromatic rings. The zero-order chi connectivity index (χ0) is 11.0. The minimum Gasteiger partial charge on any atom is -0.322 e. The van der Waals surface area contributed by atoms with Crippen molar-refractivity contribution in [2.45, 2.75) is 39.2 Å². The summed E-state index contributed by atoms with van der Waals surface area (Å²) in [5.74, 6) is 0.309. The van der Waals surface area contributed by atoms with Crippen LogP contribution in [0.25, 0.3) is 0 Å². The molecule has 82 valence electrons. The van der Waals surface area contributed by atoms with Crippen molar-refractivity contribution < 1.29 is 0 Å². The van der Waals surface area contributed by atoms with Gasteiger partial charge in [-0.1, -0.05) is 13.8 Å². The van der Waals surface area contributed by atoms with Gasteiger partial charge in [-0.15, -0.1) is 0 Å². The van der Waals surface area contributed by atoms with Crippen molar-refractivity contribution in [1.82, 2.24) is 9.97 Å². The van der Waals surface area contributed by atoms with E-state index in [9.17, 15) is 4.79 Å². The first-order valence-corrected chi connectivity index (χ1v) is 5.47. The summed E-state index contributed by atoms with van der Waals surface area (Å²) in [7, 11) is 0. The van der Waals surface area contributed by atoms with Crippen LogP contribution in [0.5, 0.6) is 0 Å². The Balaban J connectivity index is 2.51. The van der Waals surface area contributed by atoms with Gasteiger partial charge in [0.25, 0.3) is 0 Å². The lowest BCUT2D eigenvalue weighted by Gasteiger charge is -2.17. The zero-order valence-corrected chi connectivity index (χ0v) is 9.21. The standard InChI is InChI=1S/C11H17N3O/c1-6(2)9(12)10-7-4-3-5-8(7)13-11(15)14-10/h6,9H,3-5,12H2,1-2H3,(H,13,14,15)/t9-/m0/s1. The number of nitrogens with zero attached hydrogens (tertiary/aromatic N) is 1. The molecule has 0 radical (unpaired) electrons. The number of aryl methyl sites for hydroxylation is 1. The van der Waals surface area contributed by atoms with E-state index in [2.05, 4.69) is 23.8 Å². The molecule has 1 aliphatic carbocycles. The highest BCUT2D eigenvalue weighted by molar-refractivity contribution is 5.31. The maximum absolute atomic E-state index is 11.4. The van der Waals surface area contributed by atoms with Crippen molar-refractivity contribution in [3.8, 4) is 0 Å². The fraction of sp³-hybridized carbons (Fsp3) is 0.636. The third-order valence-electron chi connectivity index (χ3n) is 3.04. The Morgan fingerprint density at radius 1 is 1.40 bits per heavy atom. The number of nitrogens with two attached hydrogens (primary N) is 1.